The molecule has 4 heterocycles. The molecule has 0 atom stereocenters. The number of ether oxygens (including phenoxy) is 1. The zero-order valence-electron chi connectivity index (χ0n) is 14.5. The van der Waals surface area contributed by atoms with Gasteiger partial charge in [0.2, 0.25) is 11.8 Å². The van der Waals surface area contributed by atoms with Crippen LogP contribution in [0.1, 0.15) is 18.0 Å². The summed E-state index contributed by atoms with van der Waals surface area (Å²) >= 11 is 0. The molecular weight excluding hydrogens is 372 g/mol. The van der Waals surface area contributed by atoms with E-state index in [0.717, 1.165) is 5.56 Å². The molecule has 0 fully saturated rings. The van der Waals surface area contributed by atoms with Gasteiger partial charge in [-0.25, -0.2) is 9.67 Å². The van der Waals surface area contributed by atoms with Gasteiger partial charge in [0.05, 0.1) is 36.7 Å². The highest BCUT2D eigenvalue weighted by Gasteiger charge is 2.17. The van der Waals surface area contributed by atoms with Crippen LogP contribution in [-0.2, 0) is 6.54 Å². The van der Waals surface area contributed by atoms with Gasteiger partial charge in [-0.3, -0.25) is 4.98 Å². The summed E-state index contributed by atoms with van der Waals surface area (Å²) in [6, 6.07) is 7.00. The summed E-state index contributed by atoms with van der Waals surface area (Å²) in [5.74, 6) is -0.277. The molecule has 142 valence electrons. The highest BCUT2D eigenvalue weighted by atomic mass is 19.3. The molecule has 0 amide bonds. The summed E-state index contributed by atoms with van der Waals surface area (Å²) in [7, 11) is 1.54. The first-order chi connectivity index (χ1) is 13.6. The summed E-state index contributed by atoms with van der Waals surface area (Å²) in [5, 5.41) is 15.1. The Morgan fingerprint density at radius 2 is 2.04 bits per heavy atom. The first kappa shape index (κ1) is 17.6. The quantitative estimate of drug-likeness (QED) is 0.499. The van der Waals surface area contributed by atoms with Crippen molar-refractivity contribution in [2.75, 3.05) is 7.11 Å². The van der Waals surface area contributed by atoms with E-state index in [1.165, 1.54) is 13.3 Å². The fourth-order valence-electron chi connectivity index (χ4n) is 2.50. The zero-order chi connectivity index (χ0) is 19.5. The van der Waals surface area contributed by atoms with Crippen molar-refractivity contribution in [1.82, 2.24) is 35.2 Å². The molecule has 28 heavy (non-hydrogen) atoms. The molecular formula is C17H13F2N7O2. The molecule has 4 aromatic rings. The van der Waals surface area contributed by atoms with E-state index < -0.39 is 12.3 Å². The van der Waals surface area contributed by atoms with Gasteiger partial charge in [0.25, 0.3) is 5.89 Å². The molecule has 0 saturated heterocycles. The lowest BCUT2D eigenvalue weighted by molar-refractivity contribution is 0.116. The predicted molar refractivity (Wildman–Crippen MR) is 91.4 cm³/mol. The second-order valence-corrected chi connectivity index (χ2v) is 5.65. The van der Waals surface area contributed by atoms with Crippen LogP contribution in [0.15, 0.2) is 47.3 Å². The summed E-state index contributed by atoms with van der Waals surface area (Å²) in [6.07, 6.45) is 2.04. The minimum Gasteiger partial charge on any atom is -0.481 e. The van der Waals surface area contributed by atoms with Crippen molar-refractivity contribution in [3.63, 3.8) is 0 Å². The van der Waals surface area contributed by atoms with Gasteiger partial charge < -0.3 is 9.15 Å². The molecule has 4 rings (SSSR count). The topological polar surface area (TPSA) is 105 Å². The van der Waals surface area contributed by atoms with Gasteiger partial charge in [0.15, 0.2) is 0 Å². The van der Waals surface area contributed by atoms with E-state index in [-0.39, 0.29) is 5.89 Å². The average Bonchev–Trinajstić information content (AvgIpc) is 3.38. The Morgan fingerprint density at radius 1 is 1.14 bits per heavy atom. The minimum atomic E-state index is -2.81. The Balaban J connectivity index is 1.50. The first-order valence-electron chi connectivity index (χ1n) is 8.10. The summed E-state index contributed by atoms with van der Waals surface area (Å²) < 4.78 is 36.8. The van der Waals surface area contributed by atoms with Crippen LogP contribution in [0.5, 0.6) is 5.88 Å². The van der Waals surface area contributed by atoms with E-state index in [1.54, 1.807) is 35.3 Å². The molecule has 0 N–H and O–H groups in total. The number of hydrogen-bond donors (Lipinski definition) is 0. The Kier molecular flexibility index (Phi) is 4.70. The fourth-order valence-corrected chi connectivity index (χ4v) is 2.50. The fraction of sp³-hybridized carbons (Fsp3) is 0.176. The summed E-state index contributed by atoms with van der Waals surface area (Å²) in [5.41, 5.74) is 2.48. The second kappa shape index (κ2) is 7.47. The van der Waals surface area contributed by atoms with Crippen LogP contribution in [-0.4, -0.2) is 42.3 Å². The van der Waals surface area contributed by atoms with Gasteiger partial charge in [0, 0.05) is 12.4 Å². The summed E-state index contributed by atoms with van der Waals surface area (Å²) in [4.78, 5) is 8.42. The third-order valence-corrected chi connectivity index (χ3v) is 3.80. The van der Waals surface area contributed by atoms with E-state index >= 15 is 0 Å². The predicted octanol–water partition coefficient (Wildman–Crippen LogP) is 2.78. The first-order valence-corrected chi connectivity index (χ1v) is 8.10. The number of pyridine rings is 2. The zero-order valence-corrected chi connectivity index (χ0v) is 14.5. The third kappa shape index (κ3) is 3.54. The standard InChI is InChI=1S/C17H13F2N7O2/c1-27-16-12(3-2-6-20-16)13-9-26(25-22-13)8-11-5-4-10(7-21-11)15-23-24-17(28-15)14(18)19/h2-7,9,14H,8H2,1H3. The maximum Gasteiger partial charge on any atom is 0.314 e. The Bertz CT molecular complexity index is 1080. The lowest BCUT2D eigenvalue weighted by Crippen LogP contribution is -2.02. The molecule has 0 aromatic carbocycles. The highest BCUT2D eigenvalue weighted by Crippen LogP contribution is 2.25. The SMILES string of the molecule is COc1ncccc1-c1cn(Cc2ccc(-c3nnc(C(F)F)o3)cn2)nn1. The van der Waals surface area contributed by atoms with Crippen LogP contribution in [0.2, 0.25) is 0 Å². The number of nitrogens with zero attached hydrogens (tertiary/aromatic N) is 7. The number of alkyl halides is 2. The monoisotopic (exact) mass is 385 g/mol. The molecule has 0 unspecified atom stereocenters. The van der Waals surface area contributed by atoms with E-state index in [2.05, 4.69) is 30.5 Å². The van der Waals surface area contributed by atoms with Crippen molar-refractivity contribution in [3.05, 3.63) is 54.4 Å². The van der Waals surface area contributed by atoms with E-state index in [9.17, 15) is 8.78 Å². The Hall–Kier alpha value is -3.76. The second-order valence-electron chi connectivity index (χ2n) is 5.65. The Labute approximate surface area is 157 Å². The number of aromatic nitrogens is 7. The Morgan fingerprint density at radius 3 is 2.75 bits per heavy atom. The lowest BCUT2D eigenvalue weighted by atomic mass is 10.2. The molecule has 9 nitrogen and oxygen atoms in total. The third-order valence-electron chi connectivity index (χ3n) is 3.80. The molecule has 0 aliphatic rings. The van der Waals surface area contributed by atoms with Crippen LogP contribution in [0.25, 0.3) is 22.7 Å². The smallest absolute Gasteiger partial charge is 0.314 e. The van der Waals surface area contributed by atoms with Crippen molar-refractivity contribution in [2.45, 2.75) is 13.0 Å². The van der Waals surface area contributed by atoms with Crippen LogP contribution >= 0.6 is 0 Å². The average molecular weight is 385 g/mol. The number of rotatable bonds is 6. The molecule has 0 aliphatic carbocycles. The highest BCUT2D eigenvalue weighted by molar-refractivity contribution is 5.63. The number of methoxy groups -OCH3 is 1. The molecule has 0 bridgehead atoms. The molecule has 11 heteroatoms. The number of hydrogen-bond acceptors (Lipinski definition) is 8. The van der Waals surface area contributed by atoms with Crippen LogP contribution in [0.4, 0.5) is 8.78 Å². The van der Waals surface area contributed by atoms with Gasteiger partial charge >= 0.3 is 6.43 Å². The van der Waals surface area contributed by atoms with Gasteiger partial charge in [0.1, 0.15) is 5.69 Å². The van der Waals surface area contributed by atoms with Crippen molar-refractivity contribution in [3.8, 4) is 28.6 Å². The maximum atomic E-state index is 12.5. The summed E-state index contributed by atoms with van der Waals surface area (Å²) in [6.45, 7) is 0.363. The molecule has 4 aromatic heterocycles. The van der Waals surface area contributed by atoms with E-state index in [1.807, 2.05) is 6.07 Å². The number of halogens is 2. The van der Waals surface area contributed by atoms with E-state index in [0.29, 0.717) is 29.4 Å². The molecule has 0 saturated carbocycles. The normalized spacial score (nSPS) is 11.1. The van der Waals surface area contributed by atoms with Crippen molar-refractivity contribution < 1.29 is 17.9 Å². The molecule has 0 spiro atoms. The van der Waals surface area contributed by atoms with Crippen LogP contribution < -0.4 is 4.74 Å². The van der Waals surface area contributed by atoms with Gasteiger partial charge in [-0.1, -0.05) is 5.21 Å². The lowest BCUT2D eigenvalue weighted by Gasteiger charge is -2.03. The van der Waals surface area contributed by atoms with Crippen molar-refractivity contribution in [2.24, 2.45) is 0 Å². The molecule has 0 aliphatic heterocycles. The largest absolute Gasteiger partial charge is 0.481 e. The maximum absolute atomic E-state index is 12.5. The van der Waals surface area contributed by atoms with E-state index in [4.69, 9.17) is 9.15 Å². The van der Waals surface area contributed by atoms with Gasteiger partial charge in [-0.05, 0) is 24.3 Å². The van der Waals surface area contributed by atoms with Crippen LogP contribution in [0, 0.1) is 0 Å². The minimum absolute atomic E-state index is 0.0129. The van der Waals surface area contributed by atoms with Crippen molar-refractivity contribution >= 4 is 0 Å². The van der Waals surface area contributed by atoms with Gasteiger partial charge in [-0.2, -0.15) is 8.78 Å². The van der Waals surface area contributed by atoms with Crippen LogP contribution in [0.3, 0.4) is 0 Å². The van der Waals surface area contributed by atoms with Gasteiger partial charge in [-0.15, -0.1) is 15.3 Å². The molecule has 0 radical (unpaired) electrons. The van der Waals surface area contributed by atoms with Crippen molar-refractivity contribution in [1.29, 1.82) is 0 Å².